The molecule has 30 heavy (non-hydrogen) atoms. The van der Waals surface area contributed by atoms with Crippen molar-refractivity contribution in [1.82, 2.24) is 15.0 Å². The average molecular weight is 400 g/mol. The first-order valence-electron chi connectivity index (χ1n) is 9.06. The molecule has 0 unspecified atom stereocenters. The summed E-state index contributed by atoms with van der Waals surface area (Å²) in [6.45, 7) is 6.90. The molecule has 0 aliphatic rings. The van der Waals surface area contributed by atoms with E-state index in [1.807, 2.05) is 6.07 Å². The van der Waals surface area contributed by atoms with Gasteiger partial charge in [-0.3, -0.25) is 9.79 Å². The van der Waals surface area contributed by atoms with E-state index in [0.717, 1.165) is 16.7 Å². The number of nitrogens with one attached hydrogen (secondary N) is 2. The number of aromatic nitrogens is 3. The molecule has 8 nitrogen and oxygen atoms in total. The van der Waals surface area contributed by atoms with Crippen molar-refractivity contribution in [2.45, 2.75) is 13.8 Å². The second-order valence-electron chi connectivity index (χ2n) is 6.27. The Morgan fingerprint density at radius 1 is 1.33 bits per heavy atom. The summed E-state index contributed by atoms with van der Waals surface area (Å²) in [7, 11) is 1.55. The molecule has 0 radical (unpaired) electrons. The largest absolute Gasteiger partial charge is 0.481 e. The van der Waals surface area contributed by atoms with Gasteiger partial charge >= 0.3 is 0 Å². The minimum Gasteiger partial charge on any atom is -0.481 e. The van der Waals surface area contributed by atoms with Crippen molar-refractivity contribution in [3.8, 4) is 34.3 Å². The molecule has 150 valence electrons. The van der Waals surface area contributed by atoms with Crippen LogP contribution in [-0.4, -0.2) is 34.7 Å². The van der Waals surface area contributed by atoms with Crippen molar-refractivity contribution in [2.75, 3.05) is 12.4 Å². The van der Waals surface area contributed by atoms with Crippen LogP contribution < -0.4 is 10.1 Å². The van der Waals surface area contributed by atoms with E-state index in [4.69, 9.17) is 4.74 Å². The molecule has 8 heteroatoms. The lowest BCUT2D eigenvalue weighted by Crippen LogP contribution is -2.07. The Morgan fingerprint density at radius 3 is 2.70 bits per heavy atom. The fourth-order valence-corrected chi connectivity index (χ4v) is 3.09. The molecule has 0 aliphatic heterocycles. The lowest BCUT2D eigenvalue weighted by molar-refractivity contribution is -0.114. The highest BCUT2D eigenvalue weighted by molar-refractivity contribution is 5.98. The number of aromatic amines is 1. The SMILES string of the molecule is C=Nc1c(/C(C#N)=C\C)[nH]c(-c2ccnc(NC(C)=O)c2)c1-c1ccc(OC)nc1. The highest BCUT2D eigenvalue weighted by Crippen LogP contribution is 2.44. The van der Waals surface area contributed by atoms with Gasteiger partial charge in [0.25, 0.3) is 0 Å². The van der Waals surface area contributed by atoms with E-state index < -0.39 is 0 Å². The summed E-state index contributed by atoms with van der Waals surface area (Å²) in [6.07, 6.45) is 4.97. The zero-order chi connectivity index (χ0) is 21.7. The lowest BCUT2D eigenvalue weighted by atomic mass is 10.0. The monoisotopic (exact) mass is 400 g/mol. The number of nitriles is 1. The van der Waals surface area contributed by atoms with Gasteiger partial charge < -0.3 is 15.0 Å². The molecule has 0 fully saturated rings. The standard InChI is InChI=1S/C22H20N6O2/c1-5-14(11-23)21-22(24-3)19(16-6-7-18(30-4)26-12-16)20(28-21)15-8-9-25-17(10-15)27-13(2)29/h5-10,12,28H,3H2,1-2,4H3,(H,25,27,29)/b14-5-. The predicted molar refractivity (Wildman–Crippen MR) is 117 cm³/mol. The highest BCUT2D eigenvalue weighted by atomic mass is 16.5. The Morgan fingerprint density at radius 2 is 2.13 bits per heavy atom. The normalized spacial score (nSPS) is 10.9. The van der Waals surface area contributed by atoms with Crippen molar-refractivity contribution in [3.63, 3.8) is 0 Å². The van der Waals surface area contributed by atoms with Gasteiger partial charge in [0.2, 0.25) is 11.8 Å². The average Bonchev–Trinajstić information content (AvgIpc) is 3.14. The summed E-state index contributed by atoms with van der Waals surface area (Å²) >= 11 is 0. The summed E-state index contributed by atoms with van der Waals surface area (Å²) in [5.74, 6) is 0.669. The van der Waals surface area contributed by atoms with Crippen LogP contribution >= 0.6 is 0 Å². The lowest BCUT2D eigenvalue weighted by Gasteiger charge is -2.08. The number of carbonyl (C=O) groups excluding carboxylic acids is 1. The number of ether oxygens (including phenoxy) is 1. The molecule has 3 aromatic heterocycles. The number of hydrogen-bond acceptors (Lipinski definition) is 6. The summed E-state index contributed by atoms with van der Waals surface area (Å²) in [6, 6.07) is 9.32. The van der Waals surface area contributed by atoms with E-state index in [2.05, 4.69) is 38.0 Å². The number of rotatable bonds is 6. The Bertz CT molecular complexity index is 1170. The van der Waals surface area contributed by atoms with E-state index >= 15 is 0 Å². The Kier molecular flexibility index (Phi) is 6.03. The van der Waals surface area contributed by atoms with Crippen molar-refractivity contribution in [2.24, 2.45) is 4.99 Å². The summed E-state index contributed by atoms with van der Waals surface area (Å²) in [4.78, 5) is 27.4. The molecular formula is C22H20N6O2. The van der Waals surface area contributed by atoms with Crippen LogP contribution in [0.2, 0.25) is 0 Å². The second kappa shape index (κ2) is 8.84. The number of methoxy groups -OCH3 is 1. The van der Waals surface area contributed by atoms with Gasteiger partial charge in [0.1, 0.15) is 11.9 Å². The minimum absolute atomic E-state index is 0.222. The van der Waals surface area contributed by atoms with Crippen LogP contribution in [0.5, 0.6) is 5.88 Å². The third kappa shape index (κ3) is 3.95. The first kappa shape index (κ1) is 20.5. The summed E-state index contributed by atoms with van der Waals surface area (Å²) in [5.41, 5.74) is 4.46. The molecule has 0 aliphatic carbocycles. The van der Waals surface area contributed by atoms with Crippen molar-refractivity contribution in [1.29, 1.82) is 5.26 Å². The molecule has 0 aromatic carbocycles. The molecule has 3 rings (SSSR count). The molecule has 0 spiro atoms. The molecule has 2 N–H and O–H groups in total. The number of H-pyrrole nitrogens is 1. The number of anilines is 1. The predicted octanol–water partition coefficient (Wildman–Crippen LogP) is 4.36. The van der Waals surface area contributed by atoms with Crippen molar-refractivity contribution >= 4 is 29.7 Å². The smallest absolute Gasteiger partial charge is 0.222 e. The zero-order valence-corrected chi connectivity index (χ0v) is 16.9. The maximum absolute atomic E-state index is 11.4. The number of carbonyl (C=O) groups is 1. The number of nitrogens with zero attached hydrogens (tertiary/aromatic N) is 4. The van der Waals surface area contributed by atoms with Gasteiger partial charge in [-0.15, -0.1) is 0 Å². The van der Waals surface area contributed by atoms with Crippen LogP contribution in [0.15, 0.2) is 47.7 Å². The van der Waals surface area contributed by atoms with Crippen LogP contribution in [0.4, 0.5) is 11.5 Å². The fourth-order valence-electron chi connectivity index (χ4n) is 3.09. The van der Waals surface area contributed by atoms with E-state index in [-0.39, 0.29) is 5.91 Å². The van der Waals surface area contributed by atoms with Crippen LogP contribution in [0.3, 0.4) is 0 Å². The first-order chi connectivity index (χ1) is 14.5. The molecule has 1 amide bonds. The zero-order valence-electron chi connectivity index (χ0n) is 16.9. The second-order valence-corrected chi connectivity index (χ2v) is 6.27. The minimum atomic E-state index is -0.222. The molecular weight excluding hydrogens is 380 g/mol. The molecule has 0 saturated heterocycles. The number of hydrogen-bond donors (Lipinski definition) is 2. The van der Waals surface area contributed by atoms with Gasteiger partial charge in [-0.1, -0.05) is 6.08 Å². The van der Waals surface area contributed by atoms with Crippen LogP contribution in [0.25, 0.3) is 28.0 Å². The maximum Gasteiger partial charge on any atom is 0.222 e. The number of allylic oxidation sites excluding steroid dienone is 2. The number of pyridine rings is 2. The molecule has 0 atom stereocenters. The first-order valence-corrected chi connectivity index (χ1v) is 9.06. The maximum atomic E-state index is 11.4. The Labute approximate surface area is 174 Å². The van der Waals surface area contributed by atoms with Gasteiger partial charge in [0, 0.05) is 42.1 Å². The van der Waals surface area contributed by atoms with Crippen LogP contribution in [0, 0.1) is 11.3 Å². The third-order valence-corrected chi connectivity index (χ3v) is 4.40. The molecule has 3 heterocycles. The topological polar surface area (TPSA) is 116 Å². The Balaban J connectivity index is 2.29. The van der Waals surface area contributed by atoms with E-state index in [1.54, 1.807) is 50.7 Å². The third-order valence-electron chi connectivity index (χ3n) is 4.40. The van der Waals surface area contributed by atoms with E-state index in [1.165, 1.54) is 6.92 Å². The van der Waals surface area contributed by atoms with E-state index in [0.29, 0.717) is 34.3 Å². The van der Waals surface area contributed by atoms with Crippen molar-refractivity contribution < 1.29 is 9.53 Å². The van der Waals surface area contributed by atoms with Crippen LogP contribution in [-0.2, 0) is 4.79 Å². The number of aliphatic imine (C=N–C) groups is 1. The van der Waals surface area contributed by atoms with Gasteiger partial charge in [-0.05, 0) is 31.8 Å². The van der Waals surface area contributed by atoms with Gasteiger partial charge in [-0.25, -0.2) is 9.97 Å². The van der Waals surface area contributed by atoms with Gasteiger partial charge in [-0.2, -0.15) is 5.26 Å². The fraction of sp³-hybridized carbons (Fsp3) is 0.136. The van der Waals surface area contributed by atoms with Gasteiger partial charge in [0.05, 0.1) is 29.8 Å². The Hall–Kier alpha value is -4.25. The van der Waals surface area contributed by atoms with Gasteiger partial charge in [0.15, 0.2) is 0 Å². The molecule has 3 aromatic rings. The van der Waals surface area contributed by atoms with Crippen molar-refractivity contribution in [3.05, 3.63) is 48.4 Å². The molecule has 0 bridgehead atoms. The number of amides is 1. The van der Waals surface area contributed by atoms with Crippen LogP contribution in [0.1, 0.15) is 19.5 Å². The molecule has 0 saturated carbocycles. The summed E-state index contributed by atoms with van der Waals surface area (Å²) < 4.78 is 5.15. The van der Waals surface area contributed by atoms with E-state index in [9.17, 15) is 10.1 Å². The summed E-state index contributed by atoms with van der Waals surface area (Å²) in [5, 5.41) is 12.2. The highest BCUT2D eigenvalue weighted by Gasteiger charge is 2.22. The quantitative estimate of drug-likeness (QED) is 0.471.